The van der Waals surface area contributed by atoms with Crippen LogP contribution in [-0.4, -0.2) is 38.8 Å². The van der Waals surface area contributed by atoms with Crippen LogP contribution in [0.5, 0.6) is 0 Å². The molecule has 1 aromatic rings. The van der Waals surface area contributed by atoms with Gasteiger partial charge in [0, 0.05) is 28.3 Å². The third-order valence-corrected chi connectivity index (χ3v) is 5.39. The lowest BCUT2D eigenvalue weighted by atomic mass is 10.1. The van der Waals surface area contributed by atoms with Gasteiger partial charge in [-0.1, -0.05) is 15.9 Å². The van der Waals surface area contributed by atoms with E-state index in [1.165, 1.54) is 0 Å². The predicted molar refractivity (Wildman–Crippen MR) is 75.0 cm³/mol. The van der Waals surface area contributed by atoms with E-state index in [1.807, 2.05) is 17.9 Å². The van der Waals surface area contributed by atoms with Crippen LogP contribution in [0, 0.1) is 0 Å². The molecule has 2 rings (SSSR count). The molecule has 6 heteroatoms. The van der Waals surface area contributed by atoms with Gasteiger partial charge in [-0.25, -0.2) is 8.42 Å². The molecule has 0 aromatic heterocycles. The lowest BCUT2D eigenvalue weighted by Gasteiger charge is -2.35. The molecule has 0 amide bonds. The second-order valence-corrected chi connectivity index (χ2v) is 7.62. The van der Waals surface area contributed by atoms with Gasteiger partial charge < -0.3 is 4.90 Å². The first kappa shape index (κ1) is 13.5. The Kier molecular flexibility index (Phi) is 3.77. The van der Waals surface area contributed by atoms with Gasteiger partial charge >= 0.3 is 0 Å². The van der Waals surface area contributed by atoms with Crippen LogP contribution < -0.4 is 4.90 Å². The maximum Gasteiger partial charge on any atom is 0.154 e. The smallest absolute Gasteiger partial charge is 0.154 e. The molecule has 0 saturated carbocycles. The summed E-state index contributed by atoms with van der Waals surface area (Å²) in [6, 6.07) is 5.29. The number of hydrogen-bond acceptors (Lipinski definition) is 4. The summed E-state index contributed by atoms with van der Waals surface area (Å²) in [5, 5.41) is 0. The Hall–Kier alpha value is -0.880. The molecular formula is C12H14BrNO3S. The van der Waals surface area contributed by atoms with E-state index in [4.69, 9.17) is 0 Å². The molecule has 1 unspecified atom stereocenters. The van der Waals surface area contributed by atoms with Crippen LogP contribution in [0.25, 0.3) is 0 Å². The van der Waals surface area contributed by atoms with Gasteiger partial charge in [0.2, 0.25) is 0 Å². The lowest BCUT2D eigenvalue weighted by molar-refractivity contribution is 0.112. The number of carbonyl (C=O) groups is 1. The highest BCUT2D eigenvalue weighted by molar-refractivity contribution is 9.10. The molecule has 0 aliphatic carbocycles. The summed E-state index contributed by atoms with van der Waals surface area (Å²) in [6.45, 7) is 2.30. The van der Waals surface area contributed by atoms with Gasteiger partial charge in [0.1, 0.15) is 0 Å². The van der Waals surface area contributed by atoms with Gasteiger partial charge in [0.15, 0.2) is 16.1 Å². The number of anilines is 1. The number of aldehydes is 1. The van der Waals surface area contributed by atoms with Gasteiger partial charge in [-0.15, -0.1) is 0 Å². The summed E-state index contributed by atoms with van der Waals surface area (Å²) in [5.74, 6) is 0.278. The molecule has 98 valence electrons. The number of carbonyl (C=O) groups excluding carboxylic acids is 1. The van der Waals surface area contributed by atoms with E-state index < -0.39 is 9.84 Å². The van der Waals surface area contributed by atoms with Crippen molar-refractivity contribution in [3.63, 3.8) is 0 Å². The third-order valence-electron chi connectivity index (χ3n) is 3.10. The summed E-state index contributed by atoms with van der Waals surface area (Å²) in [4.78, 5) is 13.0. The number of halogens is 1. The Balaban J connectivity index is 2.37. The number of hydrogen-bond donors (Lipinski definition) is 0. The Morgan fingerprint density at radius 2 is 2.17 bits per heavy atom. The zero-order chi connectivity index (χ0) is 13.3. The number of sulfone groups is 1. The van der Waals surface area contributed by atoms with E-state index in [0.717, 1.165) is 16.4 Å². The molecule has 0 bridgehead atoms. The molecule has 0 spiro atoms. The fourth-order valence-electron chi connectivity index (χ4n) is 2.22. The highest BCUT2D eigenvalue weighted by atomic mass is 79.9. The Bertz CT molecular complexity index is 571. The van der Waals surface area contributed by atoms with Crippen molar-refractivity contribution in [3.8, 4) is 0 Å². The molecule has 1 fully saturated rings. The van der Waals surface area contributed by atoms with Crippen molar-refractivity contribution in [1.82, 2.24) is 0 Å². The first-order chi connectivity index (χ1) is 8.43. The summed E-state index contributed by atoms with van der Waals surface area (Å²) >= 11 is 3.37. The van der Waals surface area contributed by atoms with Crippen molar-refractivity contribution in [2.24, 2.45) is 0 Å². The zero-order valence-corrected chi connectivity index (χ0v) is 12.4. The second-order valence-electron chi connectivity index (χ2n) is 4.48. The summed E-state index contributed by atoms with van der Waals surface area (Å²) in [6.07, 6.45) is 0.803. The van der Waals surface area contributed by atoms with Crippen LogP contribution in [0.15, 0.2) is 22.7 Å². The Morgan fingerprint density at radius 3 is 2.78 bits per heavy atom. The van der Waals surface area contributed by atoms with E-state index in [0.29, 0.717) is 12.1 Å². The van der Waals surface area contributed by atoms with Crippen LogP contribution >= 0.6 is 15.9 Å². The quantitative estimate of drug-likeness (QED) is 0.776. The normalized spacial score (nSPS) is 22.8. The molecule has 4 nitrogen and oxygen atoms in total. The Labute approximate surface area is 115 Å². The van der Waals surface area contributed by atoms with Gasteiger partial charge in [-0.3, -0.25) is 4.79 Å². The molecule has 1 atom stereocenters. The minimum absolute atomic E-state index is 0.114. The monoisotopic (exact) mass is 331 g/mol. The molecule has 1 saturated heterocycles. The zero-order valence-electron chi connectivity index (χ0n) is 9.97. The lowest BCUT2D eigenvalue weighted by Crippen LogP contribution is -2.47. The average molecular weight is 332 g/mol. The number of nitrogens with zero attached hydrogens (tertiary/aromatic N) is 1. The Morgan fingerprint density at radius 1 is 1.44 bits per heavy atom. The van der Waals surface area contributed by atoms with Crippen molar-refractivity contribution >= 4 is 37.7 Å². The topological polar surface area (TPSA) is 54.5 Å². The van der Waals surface area contributed by atoms with Gasteiger partial charge in [-0.2, -0.15) is 0 Å². The molecule has 0 radical (unpaired) electrons. The number of benzene rings is 1. The minimum Gasteiger partial charge on any atom is -0.366 e. The minimum atomic E-state index is -2.94. The second kappa shape index (κ2) is 5.01. The molecule has 1 aliphatic heterocycles. The maximum absolute atomic E-state index is 11.6. The van der Waals surface area contributed by atoms with Gasteiger partial charge in [0.25, 0.3) is 0 Å². The molecular weight excluding hydrogens is 318 g/mol. The van der Waals surface area contributed by atoms with E-state index in [1.54, 1.807) is 12.1 Å². The van der Waals surface area contributed by atoms with Crippen LogP contribution in [0.3, 0.4) is 0 Å². The molecule has 18 heavy (non-hydrogen) atoms. The van der Waals surface area contributed by atoms with Crippen molar-refractivity contribution in [2.75, 3.05) is 23.0 Å². The standard InChI is InChI=1S/C12H14BrNO3S/c1-9-8-18(16,17)5-4-14(9)12-6-11(13)3-2-10(12)7-15/h2-3,6-7,9H,4-5,8H2,1H3. The van der Waals surface area contributed by atoms with Gasteiger partial charge in [-0.05, 0) is 25.1 Å². The predicted octanol–water partition coefficient (Wildman–Crippen LogP) is 1.88. The summed E-state index contributed by atoms with van der Waals surface area (Å²) in [7, 11) is -2.94. The van der Waals surface area contributed by atoms with E-state index in [9.17, 15) is 13.2 Å². The third kappa shape index (κ3) is 2.75. The maximum atomic E-state index is 11.6. The van der Waals surface area contributed by atoms with Crippen LogP contribution in [-0.2, 0) is 9.84 Å². The molecule has 0 N–H and O–H groups in total. The molecule has 1 aromatic carbocycles. The van der Waals surface area contributed by atoms with E-state index in [2.05, 4.69) is 15.9 Å². The molecule has 1 aliphatic rings. The van der Waals surface area contributed by atoms with Crippen molar-refractivity contribution < 1.29 is 13.2 Å². The largest absolute Gasteiger partial charge is 0.366 e. The van der Waals surface area contributed by atoms with Crippen molar-refractivity contribution in [2.45, 2.75) is 13.0 Å². The van der Waals surface area contributed by atoms with E-state index >= 15 is 0 Å². The first-order valence-corrected chi connectivity index (χ1v) is 8.26. The highest BCUT2D eigenvalue weighted by Gasteiger charge is 2.29. The van der Waals surface area contributed by atoms with E-state index in [-0.39, 0.29) is 17.5 Å². The highest BCUT2D eigenvalue weighted by Crippen LogP contribution is 2.27. The summed E-state index contributed by atoms with van der Waals surface area (Å²) in [5.41, 5.74) is 1.38. The van der Waals surface area contributed by atoms with Gasteiger partial charge in [0.05, 0.1) is 11.5 Å². The molecule has 1 heterocycles. The fraction of sp³-hybridized carbons (Fsp3) is 0.417. The van der Waals surface area contributed by atoms with Crippen molar-refractivity contribution in [3.05, 3.63) is 28.2 Å². The summed E-state index contributed by atoms with van der Waals surface area (Å²) < 4.78 is 24.0. The van der Waals surface area contributed by atoms with Crippen LogP contribution in [0.2, 0.25) is 0 Å². The average Bonchev–Trinajstić information content (AvgIpc) is 2.28. The SMILES string of the molecule is CC1CS(=O)(=O)CCN1c1cc(Br)ccc1C=O. The first-order valence-electron chi connectivity index (χ1n) is 5.65. The number of rotatable bonds is 2. The van der Waals surface area contributed by atoms with Crippen LogP contribution in [0.4, 0.5) is 5.69 Å². The fourth-order valence-corrected chi connectivity index (χ4v) is 4.13. The van der Waals surface area contributed by atoms with Crippen molar-refractivity contribution in [1.29, 1.82) is 0 Å². The van der Waals surface area contributed by atoms with Crippen LogP contribution in [0.1, 0.15) is 17.3 Å².